The highest BCUT2D eigenvalue weighted by molar-refractivity contribution is 5.26. The average molecular weight is 249 g/mol. The first-order valence-electron chi connectivity index (χ1n) is 7.16. The first-order chi connectivity index (χ1) is 8.81. The van der Waals surface area contributed by atoms with Crippen LogP contribution >= 0.6 is 0 Å². The summed E-state index contributed by atoms with van der Waals surface area (Å²) in [6, 6.07) is 8.26. The maximum Gasteiger partial charge on any atom is 0.0720 e. The molecule has 0 radical (unpaired) electrons. The zero-order valence-corrected chi connectivity index (χ0v) is 11.8. The molecule has 2 heteroatoms. The average Bonchev–Trinajstić information content (AvgIpc) is 2.43. The van der Waals surface area contributed by atoms with E-state index in [1.165, 1.54) is 36.8 Å². The fraction of sp³-hybridized carbons (Fsp3) is 0.625. The van der Waals surface area contributed by atoms with Gasteiger partial charge in [-0.2, -0.15) is 0 Å². The number of rotatable bonds is 9. The molecule has 0 fully saturated rings. The van der Waals surface area contributed by atoms with Crippen molar-refractivity contribution in [3.63, 3.8) is 0 Å². The number of hydrogen-bond acceptors (Lipinski definition) is 2. The van der Waals surface area contributed by atoms with Crippen LogP contribution in [-0.2, 0) is 17.9 Å². The van der Waals surface area contributed by atoms with Gasteiger partial charge in [0.2, 0.25) is 0 Å². The van der Waals surface area contributed by atoms with Crippen LogP contribution in [0.2, 0.25) is 0 Å². The first kappa shape index (κ1) is 15.2. The van der Waals surface area contributed by atoms with E-state index in [1.807, 2.05) is 12.1 Å². The molecule has 102 valence electrons. The molecule has 2 N–H and O–H groups in total. The van der Waals surface area contributed by atoms with Gasteiger partial charge in [-0.15, -0.1) is 0 Å². The van der Waals surface area contributed by atoms with Gasteiger partial charge in [-0.05, 0) is 23.5 Å². The standard InChI is InChI=1S/C16H27NO/c1-3-5-8-14(4-2)12-18-13-16-10-7-6-9-15(16)11-17/h6-7,9-10,14H,3-5,8,11-13,17H2,1-2H3. The lowest BCUT2D eigenvalue weighted by molar-refractivity contribution is 0.0815. The first-order valence-corrected chi connectivity index (χ1v) is 7.16. The van der Waals surface area contributed by atoms with Crippen LogP contribution in [0, 0.1) is 5.92 Å². The topological polar surface area (TPSA) is 35.2 Å². The Labute approximate surface area is 112 Å². The van der Waals surface area contributed by atoms with E-state index in [9.17, 15) is 0 Å². The molecule has 1 atom stereocenters. The Morgan fingerprint density at radius 3 is 2.50 bits per heavy atom. The molecule has 0 bridgehead atoms. The molecule has 0 amide bonds. The number of unbranched alkanes of at least 4 members (excludes halogenated alkanes) is 1. The van der Waals surface area contributed by atoms with Crippen molar-refractivity contribution in [2.45, 2.75) is 52.7 Å². The maximum atomic E-state index is 5.86. The Kier molecular flexibility index (Phi) is 7.70. The molecule has 1 rings (SSSR count). The van der Waals surface area contributed by atoms with Gasteiger partial charge in [0.25, 0.3) is 0 Å². The van der Waals surface area contributed by atoms with E-state index in [0.29, 0.717) is 19.1 Å². The summed E-state index contributed by atoms with van der Waals surface area (Å²) in [6.07, 6.45) is 5.07. The number of nitrogens with two attached hydrogens (primary N) is 1. The highest BCUT2D eigenvalue weighted by Crippen LogP contribution is 2.15. The molecule has 1 aromatic carbocycles. The van der Waals surface area contributed by atoms with E-state index >= 15 is 0 Å². The van der Waals surface area contributed by atoms with Crippen molar-refractivity contribution in [3.8, 4) is 0 Å². The third-order valence-corrected chi connectivity index (χ3v) is 3.49. The molecule has 1 unspecified atom stereocenters. The van der Waals surface area contributed by atoms with E-state index in [2.05, 4.69) is 26.0 Å². The van der Waals surface area contributed by atoms with Crippen LogP contribution in [-0.4, -0.2) is 6.61 Å². The summed E-state index contributed by atoms with van der Waals surface area (Å²) < 4.78 is 5.86. The van der Waals surface area contributed by atoms with Crippen molar-refractivity contribution in [2.75, 3.05) is 6.61 Å². The highest BCUT2D eigenvalue weighted by Gasteiger charge is 2.07. The van der Waals surface area contributed by atoms with E-state index < -0.39 is 0 Å². The molecule has 0 saturated carbocycles. The second-order valence-corrected chi connectivity index (χ2v) is 4.90. The maximum absolute atomic E-state index is 5.86. The number of benzene rings is 1. The van der Waals surface area contributed by atoms with Crippen LogP contribution in [0.15, 0.2) is 24.3 Å². The van der Waals surface area contributed by atoms with E-state index in [-0.39, 0.29) is 0 Å². The zero-order chi connectivity index (χ0) is 13.2. The van der Waals surface area contributed by atoms with Crippen molar-refractivity contribution in [1.82, 2.24) is 0 Å². The minimum absolute atomic E-state index is 0.590. The van der Waals surface area contributed by atoms with Crippen molar-refractivity contribution in [3.05, 3.63) is 35.4 Å². The van der Waals surface area contributed by atoms with Gasteiger partial charge in [0.15, 0.2) is 0 Å². The number of ether oxygens (including phenoxy) is 1. The van der Waals surface area contributed by atoms with Crippen molar-refractivity contribution in [2.24, 2.45) is 11.7 Å². The minimum atomic E-state index is 0.590. The largest absolute Gasteiger partial charge is 0.376 e. The summed E-state index contributed by atoms with van der Waals surface area (Å²) in [6.45, 7) is 6.64. The number of hydrogen-bond donors (Lipinski definition) is 1. The van der Waals surface area contributed by atoms with Gasteiger partial charge in [-0.1, -0.05) is 57.4 Å². The Morgan fingerprint density at radius 2 is 1.89 bits per heavy atom. The van der Waals surface area contributed by atoms with Gasteiger partial charge in [0.05, 0.1) is 6.61 Å². The molecule has 0 aliphatic heterocycles. The van der Waals surface area contributed by atoms with Gasteiger partial charge >= 0.3 is 0 Å². The fourth-order valence-corrected chi connectivity index (χ4v) is 2.13. The minimum Gasteiger partial charge on any atom is -0.376 e. The lowest BCUT2D eigenvalue weighted by atomic mass is 10.0. The van der Waals surface area contributed by atoms with E-state index in [4.69, 9.17) is 10.5 Å². The third-order valence-electron chi connectivity index (χ3n) is 3.49. The van der Waals surface area contributed by atoms with Gasteiger partial charge < -0.3 is 10.5 Å². The lowest BCUT2D eigenvalue weighted by Gasteiger charge is -2.15. The Balaban J connectivity index is 2.35. The van der Waals surface area contributed by atoms with E-state index in [1.54, 1.807) is 0 Å². The van der Waals surface area contributed by atoms with Crippen LogP contribution in [0.3, 0.4) is 0 Å². The smallest absolute Gasteiger partial charge is 0.0720 e. The van der Waals surface area contributed by atoms with Crippen LogP contribution in [0.4, 0.5) is 0 Å². The Bertz CT molecular complexity index is 325. The Hall–Kier alpha value is -0.860. The molecule has 1 aromatic rings. The normalized spacial score (nSPS) is 12.6. The molecule has 2 nitrogen and oxygen atoms in total. The van der Waals surface area contributed by atoms with Gasteiger partial charge in [0.1, 0.15) is 0 Å². The zero-order valence-electron chi connectivity index (χ0n) is 11.8. The SMILES string of the molecule is CCCCC(CC)COCc1ccccc1CN. The summed E-state index contributed by atoms with van der Waals surface area (Å²) >= 11 is 0. The molecule has 0 aliphatic carbocycles. The Morgan fingerprint density at radius 1 is 1.17 bits per heavy atom. The van der Waals surface area contributed by atoms with Crippen LogP contribution in [0.25, 0.3) is 0 Å². The quantitative estimate of drug-likeness (QED) is 0.721. The van der Waals surface area contributed by atoms with Crippen molar-refractivity contribution >= 4 is 0 Å². The monoisotopic (exact) mass is 249 g/mol. The van der Waals surface area contributed by atoms with Gasteiger partial charge in [-0.25, -0.2) is 0 Å². The summed E-state index contributed by atoms with van der Waals surface area (Å²) in [7, 11) is 0. The predicted molar refractivity (Wildman–Crippen MR) is 77.3 cm³/mol. The molecule has 0 heterocycles. The summed E-state index contributed by atoms with van der Waals surface area (Å²) in [5.41, 5.74) is 8.14. The summed E-state index contributed by atoms with van der Waals surface area (Å²) in [5.74, 6) is 0.704. The third kappa shape index (κ3) is 5.19. The van der Waals surface area contributed by atoms with Crippen LogP contribution in [0.5, 0.6) is 0 Å². The van der Waals surface area contributed by atoms with Crippen molar-refractivity contribution < 1.29 is 4.74 Å². The second-order valence-electron chi connectivity index (χ2n) is 4.90. The molecule has 18 heavy (non-hydrogen) atoms. The van der Waals surface area contributed by atoms with Gasteiger partial charge in [0, 0.05) is 13.2 Å². The summed E-state index contributed by atoms with van der Waals surface area (Å²) in [4.78, 5) is 0. The molecule has 0 aliphatic rings. The summed E-state index contributed by atoms with van der Waals surface area (Å²) in [5, 5.41) is 0. The van der Waals surface area contributed by atoms with Crippen LogP contribution < -0.4 is 5.73 Å². The predicted octanol–water partition coefficient (Wildman–Crippen LogP) is 3.88. The molecule has 0 spiro atoms. The lowest BCUT2D eigenvalue weighted by Crippen LogP contribution is -2.10. The molecular weight excluding hydrogens is 222 g/mol. The van der Waals surface area contributed by atoms with Gasteiger partial charge in [-0.3, -0.25) is 0 Å². The molecule has 0 aromatic heterocycles. The van der Waals surface area contributed by atoms with Crippen LogP contribution in [0.1, 0.15) is 50.7 Å². The second kappa shape index (κ2) is 9.12. The fourth-order valence-electron chi connectivity index (χ4n) is 2.13. The van der Waals surface area contributed by atoms with E-state index in [0.717, 1.165) is 6.61 Å². The molecule has 0 saturated heterocycles. The highest BCUT2D eigenvalue weighted by atomic mass is 16.5. The van der Waals surface area contributed by atoms with Crippen molar-refractivity contribution in [1.29, 1.82) is 0 Å². The molecular formula is C16H27NO.